The number of rotatable bonds is 6. The van der Waals surface area contributed by atoms with Crippen molar-refractivity contribution in [2.45, 2.75) is 6.04 Å². The summed E-state index contributed by atoms with van der Waals surface area (Å²) in [6, 6.07) is 10.4. The number of aliphatic hydroxyl groups is 1. The van der Waals surface area contributed by atoms with Crippen LogP contribution in [0.15, 0.2) is 42.5 Å². The number of Topliss-reactive ketones (excluding diaryl/α,β-unsaturated/α-hetero) is 1. The maximum atomic E-state index is 12.6. The molecule has 8 heteroatoms. The number of nitrogens with one attached hydrogen (secondary N) is 1. The minimum atomic E-state index is -1.40. The molecule has 27 heavy (non-hydrogen) atoms. The van der Waals surface area contributed by atoms with Crippen molar-refractivity contribution < 1.29 is 19.5 Å². The zero-order chi connectivity index (χ0) is 20.1. The lowest BCUT2D eigenvalue weighted by atomic mass is 10.0. The second-order valence-electron chi connectivity index (χ2n) is 5.76. The molecule has 2 aromatic carbocycles. The van der Waals surface area contributed by atoms with E-state index in [2.05, 4.69) is 5.32 Å². The van der Waals surface area contributed by atoms with Crippen LogP contribution in [0.5, 0.6) is 0 Å². The summed E-state index contributed by atoms with van der Waals surface area (Å²) >= 11 is 11.9. The molecule has 2 N–H and O–H groups in total. The number of hydrogen-bond acceptors (Lipinski definition) is 4. The van der Waals surface area contributed by atoms with Crippen LogP contribution in [0.25, 0.3) is 11.1 Å². The van der Waals surface area contributed by atoms with Gasteiger partial charge in [0.05, 0.1) is 10.0 Å². The molecule has 0 heterocycles. The third-order valence-electron chi connectivity index (χ3n) is 4.05. The highest BCUT2D eigenvalue weighted by atomic mass is 35.5. The molecule has 2 aromatic rings. The van der Waals surface area contributed by atoms with Gasteiger partial charge < -0.3 is 15.3 Å². The first kappa shape index (κ1) is 20.9. The molecular formula is C19H18Cl2N2O4. The van der Waals surface area contributed by atoms with E-state index in [1.807, 2.05) is 0 Å². The molecule has 0 bridgehead atoms. The van der Waals surface area contributed by atoms with Gasteiger partial charge in [-0.25, -0.2) is 0 Å². The average Bonchev–Trinajstić information content (AvgIpc) is 2.69. The molecule has 0 aliphatic carbocycles. The van der Waals surface area contributed by atoms with E-state index in [0.717, 1.165) is 16.0 Å². The molecule has 0 aliphatic rings. The molecule has 142 valence electrons. The number of likely N-dealkylation sites (N-methyl/N-ethyl adjacent to an activating group) is 2. The van der Waals surface area contributed by atoms with E-state index in [4.69, 9.17) is 28.3 Å². The zero-order valence-corrected chi connectivity index (χ0v) is 16.2. The Hall–Kier alpha value is -2.41. The highest BCUT2D eigenvalue weighted by Crippen LogP contribution is 2.28. The molecule has 0 saturated carbocycles. The first-order valence-corrected chi connectivity index (χ1v) is 8.73. The van der Waals surface area contributed by atoms with E-state index < -0.39 is 30.2 Å². The van der Waals surface area contributed by atoms with Crippen LogP contribution in [0.2, 0.25) is 10.0 Å². The molecule has 0 saturated heterocycles. The summed E-state index contributed by atoms with van der Waals surface area (Å²) in [7, 11) is 2.69. The van der Waals surface area contributed by atoms with Gasteiger partial charge in [0.15, 0.2) is 11.8 Å². The summed E-state index contributed by atoms with van der Waals surface area (Å²) in [5.74, 6) is -1.96. The number of amides is 2. The Morgan fingerprint density at radius 1 is 1.04 bits per heavy atom. The van der Waals surface area contributed by atoms with Gasteiger partial charge >= 0.3 is 0 Å². The fourth-order valence-corrected chi connectivity index (χ4v) is 2.86. The average molecular weight is 409 g/mol. The smallest absolute Gasteiger partial charge is 0.254 e. The van der Waals surface area contributed by atoms with Crippen molar-refractivity contribution in [2.75, 3.05) is 20.7 Å². The molecule has 6 nitrogen and oxygen atoms in total. The number of hydrogen-bond donors (Lipinski definition) is 2. The molecule has 0 aromatic heterocycles. The summed E-state index contributed by atoms with van der Waals surface area (Å²) in [5, 5.41) is 12.3. The Morgan fingerprint density at radius 2 is 1.63 bits per heavy atom. The van der Waals surface area contributed by atoms with Crippen molar-refractivity contribution >= 4 is 40.8 Å². The Labute approximate surface area is 166 Å². The SMILES string of the molecule is CNC(=O)C(C(=O)CO)N(C)C(=O)c1ccc(-c2ccc(Cl)c(Cl)c2)cc1. The maximum Gasteiger partial charge on any atom is 0.254 e. The standard InChI is InChI=1S/C19H18Cl2N2O4/c1-22-18(26)17(16(25)10-24)23(2)19(27)12-5-3-11(4-6-12)13-7-8-14(20)15(21)9-13/h3-9,17,24H,10H2,1-2H3,(H,22,26). The number of carbonyl (C=O) groups excluding carboxylic acids is 3. The fourth-order valence-electron chi connectivity index (χ4n) is 2.56. The highest BCUT2D eigenvalue weighted by molar-refractivity contribution is 6.42. The molecule has 0 fully saturated rings. The minimum Gasteiger partial charge on any atom is -0.388 e. The second kappa shape index (κ2) is 8.99. The van der Waals surface area contributed by atoms with Crippen LogP contribution in [0, 0.1) is 0 Å². The first-order valence-electron chi connectivity index (χ1n) is 7.98. The molecule has 1 atom stereocenters. The van der Waals surface area contributed by atoms with Crippen LogP contribution in [0.3, 0.4) is 0 Å². The summed E-state index contributed by atoms with van der Waals surface area (Å²) in [6.45, 7) is -0.841. The fraction of sp³-hybridized carbons (Fsp3) is 0.211. The second-order valence-corrected chi connectivity index (χ2v) is 6.58. The number of nitrogens with zero attached hydrogens (tertiary/aromatic N) is 1. The van der Waals surface area contributed by atoms with Crippen LogP contribution >= 0.6 is 23.2 Å². The van der Waals surface area contributed by atoms with Gasteiger partial charge in [-0.3, -0.25) is 14.4 Å². The van der Waals surface area contributed by atoms with E-state index in [1.54, 1.807) is 42.5 Å². The molecule has 0 aliphatic heterocycles. The lowest BCUT2D eigenvalue weighted by molar-refractivity contribution is -0.135. The quantitative estimate of drug-likeness (QED) is 0.718. The lowest BCUT2D eigenvalue weighted by Crippen LogP contribution is -2.52. The number of halogens is 2. The van der Waals surface area contributed by atoms with E-state index in [9.17, 15) is 14.4 Å². The van der Waals surface area contributed by atoms with Gasteiger partial charge in [-0.15, -0.1) is 0 Å². The van der Waals surface area contributed by atoms with Crippen LogP contribution in [0.4, 0.5) is 0 Å². The summed E-state index contributed by atoms with van der Waals surface area (Å²) in [6.07, 6.45) is 0. The van der Waals surface area contributed by atoms with Crippen LogP contribution < -0.4 is 5.32 Å². The first-order chi connectivity index (χ1) is 12.8. The van der Waals surface area contributed by atoms with Crippen molar-refractivity contribution in [2.24, 2.45) is 0 Å². The molecule has 0 radical (unpaired) electrons. The highest BCUT2D eigenvalue weighted by Gasteiger charge is 2.32. The van der Waals surface area contributed by atoms with Gasteiger partial charge in [0.1, 0.15) is 6.61 Å². The van der Waals surface area contributed by atoms with Crippen molar-refractivity contribution in [1.29, 1.82) is 0 Å². The number of ketones is 1. The summed E-state index contributed by atoms with van der Waals surface area (Å²) in [5.41, 5.74) is 1.94. The number of aliphatic hydroxyl groups excluding tert-OH is 1. The third kappa shape index (κ3) is 4.66. The van der Waals surface area contributed by atoms with Crippen molar-refractivity contribution in [3.8, 4) is 11.1 Å². The normalized spacial score (nSPS) is 11.6. The van der Waals surface area contributed by atoms with Crippen molar-refractivity contribution in [3.63, 3.8) is 0 Å². The summed E-state index contributed by atoms with van der Waals surface area (Å²) in [4.78, 5) is 37.4. The Bertz CT molecular complexity index is 853. The predicted octanol–water partition coefficient (Wildman–Crippen LogP) is 2.41. The predicted molar refractivity (Wildman–Crippen MR) is 104 cm³/mol. The van der Waals surface area contributed by atoms with Crippen LogP contribution in [-0.4, -0.2) is 54.3 Å². The molecule has 0 spiro atoms. The topological polar surface area (TPSA) is 86.7 Å². The molecule has 2 amide bonds. The van der Waals surface area contributed by atoms with Crippen molar-refractivity contribution in [1.82, 2.24) is 10.2 Å². The van der Waals surface area contributed by atoms with E-state index >= 15 is 0 Å². The summed E-state index contributed by atoms with van der Waals surface area (Å²) < 4.78 is 0. The van der Waals surface area contributed by atoms with E-state index in [1.165, 1.54) is 14.1 Å². The molecule has 1 unspecified atom stereocenters. The monoisotopic (exact) mass is 408 g/mol. The van der Waals surface area contributed by atoms with Crippen LogP contribution in [0.1, 0.15) is 10.4 Å². The van der Waals surface area contributed by atoms with E-state index in [0.29, 0.717) is 15.6 Å². The number of benzene rings is 2. The Kier molecular flexibility index (Phi) is 6.96. The maximum absolute atomic E-state index is 12.6. The third-order valence-corrected chi connectivity index (χ3v) is 4.79. The molecule has 2 rings (SSSR count). The van der Waals surface area contributed by atoms with Gasteiger partial charge in [0, 0.05) is 19.7 Å². The van der Waals surface area contributed by atoms with Gasteiger partial charge in [0.25, 0.3) is 5.91 Å². The Balaban J connectivity index is 2.26. The van der Waals surface area contributed by atoms with Gasteiger partial charge in [-0.05, 0) is 35.4 Å². The minimum absolute atomic E-state index is 0.293. The zero-order valence-electron chi connectivity index (χ0n) is 14.7. The molecular weight excluding hydrogens is 391 g/mol. The van der Waals surface area contributed by atoms with Gasteiger partial charge in [0.2, 0.25) is 5.91 Å². The largest absolute Gasteiger partial charge is 0.388 e. The van der Waals surface area contributed by atoms with E-state index in [-0.39, 0.29) is 0 Å². The van der Waals surface area contributed by atoms with Gasteiger partial charge in [-0.2, -0.15) is 0 Å². The van der Waals surface area contributed by atoms with Crippen LogP contribution in [-0.2, 0) is 9.59 Å². The van der Waals surface area contributed by atoms with Gasteiger partial charge in [-0.1, -0.05) is 41.4 Å². The van der Waals surface area contributed by atoms with Crippen molar-refractivity contribution in [3.05, 3.63) is 58.1 Å². The lowest BCUT2D eigenvalue weighted by Gasteiger charge is -2.25. The number of carbonyl (C=O) groups is 3. The Morgan fingerprint density at radius 3 is 2.15 bits per heavy atom.